The van der Waals surface area contributed by atoms with Gasteiger partial charge in [-0.1, -0.05) is 60.1 Å². The van der Waals surface area contributed by atoms with Crippen LogP contribution in [-0.4, -0.2) is 72.3 Å². The van der Waals surface area contributed by atoms with E-state index in [0.29, 0.717) is 6.54 Å². The fourth-order valence-corrected chi connectivity index (χ4v) is 6.44. The van der Waals surface area contributed by atoms with Crippen molar-refractivity contribution in [3.05, 3.63) is 101 Å². The molecule has 6 nitrogen and oxygen atoms in total. The monoisotopic (exact) mass is 521 g/mol. The highest BCUT2D eigenvalue weighted by atomic mass is 35.5. The Bertz CT molecular complexity index is 1120. The Morgan fingerprint density at radius 1 is 1.03 bits per heavy atom. The predicted molar refractivity (Wildman–Crippen MR) is 147 cm³/mol. The molecule has 2 aliphatic rings. The van der Waals surface area contributed by atoms with Gasteiger partial charge in [-0.3, -0.25) is 24.9 Å². The standard InChI is InChI=1S/C28H32ClN5OS/c29-25-10-8-23(9-11-25)26(22-5-2-1-3-6-22)34-18-16-33(17-19-34)15-13-31-27(35)28(32-14-20-36-28)24-7-4-12-30-21-24/h1-12,21,26,32H,13-20H2,(H,31,35). The Balaban J connectivity index is 1.17. The van der Waals surface area contributed by atoms with Crippen molar-refractivity contribution in [2.75, 3.05) is 51.6 Å². The van der Waals surface area contributed by atoms with E-state index >= 15 is 0 Å². The maximum Gasteiger partial charge on any atom is 0.255 e. The van der Waals surface area contributed by atoms with Crippen LogP contribution in [0.25, 0.3) is 0 Å². The normalized spacial score (nSPS) is 21.8. The molecule has 8 heteroatoms. The van der Waals surface area contributed by atoms with E-state index in [4.69, 9.17) is 11.6 Å². The van der Waals surface area contributed by atoms with Crippen LogP contribution >= 0.6 is 23.4 Å². The molecule has 0 bridgehead atoms. The predicted octanol–water partition coefficient (Wildman–Crippen LogP) is 3.75. The Morgan fingerprint density at radius 3 is 2.44 bits per heavy atom. The molecule has 2 N–H and O–H groups in total. The molecule has 3 aromatic rings. The van der Waals surface area contributed by atoms with E-state index in [1.54, 1.807) is 24.2 Å². The van der Waals surface area contributed by atoms with Gasteiger partial charge < -0.3 is 5.32 Å². The number of nitrogens with zero attached hydrogens (tertiary/aromatic N) is 3. The number of rotatable bonds is 8. The fraction of sp³-hybridized carbons (Fsp3) is 0.357. The number of benzene rings is 2. The third kappa shape index (κ3) is 5.61. The number of carbonyl (C=O) groups excluding carboxylic acids is 1. The van der Waals surface area contributed by atoms with Gasteiger partial charge in [-0.15, -0.1) is 11.8 Å². The summed E-state index contributed by atoms with van der Waals surface area (Å²) in [5.74, 6) is 0.920. The Kier molecular flexibility index (Phi) is 8.24. The number of hydrogen-bond acceptors (Lipinski definition) is 6. The molecular weight excluding hydrogens is 490 g/mol. The molecule has 2 unspecified atom stereocenters. The molecule has 2 atom stereocenters. The zero-order chi connectivity index (χ0) is 24.8. The molecule has 2 aliphatic heterocycles. The highest BCUT2D eigenvalue weighted by molar-refractivity contribution is 8.01. The van der Waals surface area contributed by atoms with Crippen molar-refractivity contribution in [1.82, 2.24) is 25.4 Å². The van der Waals surface area contributed by atoms with E-state index in [1.165, 1.54) is 11.1 Å². The van der Waals surface area contributed by atoms with Gasteiger partial charge in [0.1, 0.15) is 0 Å². The first-order valence-electron chi connectivity index (χ1n) is 12.5. The van der Waals surface area contributed by atoms with Crippen molar-refractivity contribution >= 4 is 29.3 Å². The molecule has 2 saturated heterocycles. The molecule has 36 heavy (non-hydrogen) atoms. The van der Waals surface area contributed by atoms with E-state index in [0.717, 1.165) is 55.6 Å². The highest BCUT2D eigenvalue weighted by Crippen LogP contribution is 2.37. The minimum absolute atomic E-state index is 0.0171. The number of carbonyl (C=O) groups is 1. The molecule has 1 amide bonds. The molecule has 188 valence electrons. The van der Waals surface area contributed by atoms with Crippen molar-refractivity contribution < 1.29 is 4.79 Å². The van der Waals surface area contributed by atoms with Crippen molar-refractivity contribution in [3.63, 3.8) is 0 Å². The summed E-state index contributed by atoms with van der Waals surface area (Å²) in [5, 5.41) is 7.35. The number of nitrogens with one attached hydrogen (secondary N) is 2. The number of amides is 1. The zero-order valence-electron chi connectivity index (χ0n) is 20.3. The number of hydrogen-bond donors (Lipinski definition) is 2. The summed E-state index contributed by atoms with van der Waals surface area (Å²) >= 11 is 7.81. The topological polar surface area (TPSA) is 60.5 Å². The Hall–Kier alpha value is -2.42. The van der Waals surface area contributed by atoms with Crippen molar-refractivity contribution in [3.8, 4) is 0 Å². The Labute approximate surface area is 222 Å². The summed E-state index contributed by atoms with van der Waals surface area (Å²) < 4.78 is 0. The van der Waals surface area contributed by atoms with Gasteiger partial charge in [0.15, 0.2) is 4.87 Å². The van der Waals surface area contributed by atoms with Crippen molar-refractivity contribution in [1.29, 1.82) is 0 Å². The van der Waals surface area contributed by atoms with Crippen molar-refractivity contribution in [2.24, 2.45) is 0 Å². The molecule has 0 spiro atoms. The van der Waals surface area contributed by atoms with Gasteiger partial charge in [-0.2, -0.15) is 0 Å². The van der Waals surface area contributed by atoms with Crippen LogP contribution in [0.5, 0.6) is 0 Å². The van der Waals surface area contributed by atoms with E-state index < -0.39 is 4.87 Å². The van der Waals surface area contributed by atoms with Crippen LogP contribution in [0.1, 0.15) is 22.7 Å². The number of aromatic nitrogens is 1. The fourth-order valence-electron chi connectivity index (χ4n) is 5.11. The highest BCUT2D eigenvalue weighted by Gasteiger charge is 2.43. The van der Waals surface area contributed by atoms with Crippen LogP contribution in [0.4, 0.5) is 0 Å². The quantitative estimate of drug-likeness (QED) is 0.471. The molecule has 2 aromatic carbocycles. The summed E-state index contributed by atoms with van der Waals surface area (Å²) in [5.41, 5.74) is 3.46. The van der Waals surface area contributed by atoms with Gasteiger partial charge in [-0.25, -0.2) is 0 Å². The smallest absolute Gasteiger partial charge is 0.255 e. The van der Waals surface area contributed by atoms with E-state index in [2.05, 4.69) is 67.9 Å². The van der Waals surface area contributed by atoms with Gasteiger partial charge in [0.05, 0.1) is 6.04 Å². The summed E-state index contributed by atoms with van der Waals surface area (Å²) in [6.07, 6.45) is 3.53. The second kappa shape index (κ2) is 11.8. The lowest BCUT2D eigenvalue weighted by Crippen LogP contribution is -2.52. The Morgan fingerprint density at radius 2 is 1.78 bits per heavy atom. The SMILES string of the molecule is O=C(NCCN1CCN(C(c2ccccc2)c2ccc(Cl)cc2)CC1)C1(c2cccnc2)NCCS1. The summed E-state index contributed by atoms with van der Waals surface area (Å²) in [6.45, 7) is 6.14. The summed E-state index contributed by atoms with van der Waals surface area (Å²) in [4.78, 5) is 21.7. The average Bonchev–Trinajstić information content (AvgIpc) is 3.43. The second-order valence-corrected chi connectivity index (χ2v) is 10.9. The van der Waals surface area contributed by atoms with Gasteiger partial charge in [0, 0.05) is 74.5 Å². The third-order valence-corrected chi connectivity index (χ3v) is 8.63. The van der Waals surface area contributed by atoms with Gasteiger partial charge in [0.2, 0.25) is 0 Å². The first-order chi connectivity index (χ1) is 17.7. The lowest BCUT2D eigenvalue weighted by Gasteiger charge is -2.40. The van der Waals surface area contributed by atoms with Crippen LogP contribution in [-0.2, 0) is 9.67 Å². The van der Waals surface area contributed by atoms with Crippen LogP contribution in [0.15, 0.2) is 79.1 Å². The van der Waals surface area contributed by atoms with Crippen LogP contribution < -0.4 is 10.6 Å². The van der Waals surface area contributed by atoms with Crippen LogP contribution in [0, 0.1) is 0 Å². The summed E-state index contributed by atoms with van der Waals surface area (Å²) in [6, 6.07) is 23.0. The molecule has 0 radical (unpaired) electrons. The van der Waals surface area contributed by atoms with Crippen molar-refractivity contribution in [2.45, 2.75) is 10.9 Å². The third-order valence-electron chi connectivity index (χ3n) is 6.97. The molecule has 3 heterocycles. The molecule has 0 aliphatic carbocycles. The van der Waals surface area contributed by atoms with Crippen LogP contribution in [0.3, 0.4) is 0 Å². The molecule has 5 rings (SSSR count). The zero-order valence-corrected chi connectivity index (χ0v) is 21.8. The number of halogens is 1. The van der Waals surface area contributed by atoms with E-state index in [9.17, 15) is 4.79 Å². The van der Waals surface area contributed by atoms with E-state index in [1.807, 2.05) is 24.3 Å². The summed E-state index contributed by atoms with van der Waals surface area (Å²) in [7, 11) is 0. The largest absolute Gasteiger partial charge is 0.352 e. The molecular formula is C28H32ClN5OS. The van der Waals surface area contributed by atoms with Gasteiger partial charge in [-0.05, 0) is 29.3 Å². The van der Waals surface area contributed by atoms with Gasteiger partial charge >= 0.3 is 0 Å². The minimum atomic E-state index is -0.742. The number of pyridine rings is 1. The van der Waals surface area contributed by atoms with E-state index in [-0.39, 0.29) is 11.9 Å². The number of piperazine rings is 1. The minimum Gasteiger partial charge on any atom is -0.352 e. The second-order valence-electron chi connectivity index (χ2n) is 9.20. The maximum absolute atomic E-state index is 13.2. The maximum atomic E-state index is 13.2. The van der Waals surface area contributed by atoms with Crippen LogP contribution in [0.2, 0.25) is 5.02 Å². The first kappa shape index (κ1) is 25.2. The number of thioether (sulfide) groups is 1. The first-order valence-corrected chi connectivity index (χ1v) is 13.9. The average molecular weight is 522 g/mol. The van der Waals surface area contributed by atoms with Gasteiger partial charge in [0.25, 0.3) is 5.91 Å². The lowest BCUT2D eigenvalue weighted by molar-refractivity contribution is -0.124. The molecule has 2 fully saturated rings. The molecule has 0 saturated carbocycles. The molecule has 1 aromatic heterocycles. The lowest BCUT2D eigenvalue weighted by atomic mass is 9.96.